The Kier molecular flexibility index (Phi) is 3.53. The maximum Gasteiger partial charge on any atom is 0.106 e. The van der Waals surface area contributed by atoms with Crippen LogP contribution in [0.4, 0.5) is 0 Å². The highest BCUT2D eigenvalue weighted by Gasteiger charge is 2.21. The molecule has 0 radical (unpaired) electrons. The largest absolute Gasteiger partial charge is 0.327 e. The average molecular weight is 277 g/mol. The molecule has 2 aromatic heterocycles. The molecule has 1 fully saturated rings. The van der Waals surface area contributed by atoms with Crippen molar-refractivity contribution in [3.8, 4) is 0 Å². The van der Waals surface area contributed by atoms with Crippen LogP contribution in [-0.2, 0) is 13.1 Å². The molecule has 2 heterocycles. The van der Waals surface area contributed by atoms with E-state index in [1.165, 1.54) is 18.5 Å². The monoisotopic (exact) mass is 276 g/mol. The Labute approximate surface area is 117 Å². The van der Waals surface area contributed by atoms with Gasteiger partial charge in [0.25, 0.3) is 0 Å². The number of aromatic nitrogens is 3. The highest BCUT2D eigenvalue weighted by Crippen LogP contribution is 2.20. The molecule has 0 spiro atoms. The number of hydrogen-bond donors (Lipinski definition) is 1. The molecular weight excluding hydrogens is 260 g/mol. The first-order valence-corrected chi connectivity index (χ1v) is 6.94. The van der Waals surface area contributed by atoms with E-state index in [-0.39, 0.29) is 0 Å². The van der Waals surface area contributed by atoms with Crippen LogP contribution in [0.2, 0.25) is 5.02 Å². The van der Waals surface area contributed by atoms with Crippen LogP contribution < -0.4 is 5.32 Å². The topological polar surface area (TPSA) is 42.7 Å². The minimum atomic E-state index is 0.702. The predicted octanol–water partition coefficient (Wildman–Crippen LogP) is 2.54. The van der Waals surface area contributed by atoms with Gasteiger partial charge in [-0.05, 0) is 31.4 Å². The Morgan fingerprint density at radius 3 is 3.00 bits per heavy atom. The third-order valence-electron chi connectivity index (χ3n) is 3.47. The molecule has 0 bridgehead atoms. The fourth-order valence-corrected chi connectivity index (χ4v) is 2.29. The Morgan fingerprint density at radius 1 is 1.42 bits per heavy atom. The lowest BCUT2D eigenvalue weighted by molar-refractivity contribution is 0.626. The summed E-state index contributed by atoms with van der Waals surface area (Å²) in [6.07, 6.45) is 7.99. The summed E-state index contributed by atoms with van der Waals surface area (Å²) in [5.41, 5.74) is 2.28. The van der Waals surface area contributed by atoms with E-state index >= 15 is 0 Å². The predicted molar refractivity (Wildman–Crippen MR) is 75.2 cm³/mol. The highest BCUT2D eigenvalue weighted by atomic mass is 35.5. The van der Waals surface area contributed by atoms with Crippen LogP contribution in [0.1, 0.15) is 29.9 Å². The molecule has 0 unspecified atom stereocenters. The zero-order valence-corrected chi connectivity index (χ0v) is 11.7. The molecule has 0 atom stereocenters. The molecular formula is C14H17ClN4. The minimum Gasteiger partial charge on any atom is -0.327 e. The van der Waals surface area contributed by atoms with Crippen LogP contribution in [0.15, 0.2) is 24.7 Å². The maximum atomic E-state index is 6.17. The summed E-state index contributed by atoms with van der Waals surface area (Å²) in [5.74, 6) is 1.01. The van der Waals surface area contributed by atoms with Gasteiger partial charge in [-0.1, -0.05) is 11.6 Å². The number of rotatable bonds is 5. The summed E-state index contributed by atoms with van der Waals surface area (Å²) in [4.78, 5) is 8.42. The van der Waals surface area contributed by atoms with E-state index in [9.17, 15) is 0 Å². The molecule has 3 rings (SSSR count). The number of imidazole rings is 1. The number of nitrogens with one attached hydrogen (secondary N) is 1. The Balaban J connectivity index is 1.79. The van der Waals surface area contributed by atoms with Crippen LogP contribution in [0, 0.1) is 6.92 Å². The standard InChI is InChI=1S/C14H17ClN4/c1-10-17-6-13(7-18-12-2-3-12)19(10)9-11-4-5-16-8-14(11)15/h4-6,8,12,18H,2-3,7,9H2,1H3. The zero-order valence-electron chi connectivity index (χ0n) is 10.9. The SMILES string of the molecule is Cc1ncc(CNC2CC2)n1Cc1ccncc1Cl. The molecule has 1 N–H and O–H groups in total. The number of nitrogens with zero attached hydrogens (tertiary/aromatic N) is 3. The van der Waals surface area contributed by atoms with Crippen molar-refractivity contribution in [3.63, 3.8) is 0 Å². The van der Waals surface area contributed by atoms with Crippen molar-refractivity contribution in [3.05, 3.63) is 46.8 Å². The first-order chi connectivity index (χ1) is 9.24. The molecule has 0 aromatic carbocycles. The second kappa shape index (κ2) is 5.31. The van der Waals surface area contributed by atoms with E-state index < -0.39 is 0 Å². The van der Waals surface area contributed by atoms with Gasteiger partial charge < -0.3 is 9.88 Å². The van der Waals surface area contributed by atoms with Crippen molar-refractivity contribution in [2.45, 2.75) is 38.9 Å². The second-order valence-electron chi connectivity index (χ2n) is 5.01. The lowest BCUT2D eigenvalue weighted by Crippen LogP contribution is -2.19. The first-order valence-electron chi connectivity index (χ1n) is 6.57. The van der Waals surface area contributed by atoms with Crippen molar-refractivity contribution >= 4 is 11.6 Å². The molecule has 4 nitrogen and oxygen atoms in total. The highest BCUT2D eigenvalue weighted by molar-refractivity contribution is 6.31. The number of pyridine rings is 1. The first kappa shape index (κ1) is 12.6. The molecule has 0 saturated heterocycles. The van der Waals surface area contributed by atoms with Crippen LogP contribution in [-0.4, -0.2) is 20.6 Å². The summed E-state index contributed by atoms with van der Waals surface area (Å²) in [5, 5.41) is 4.23. The molecule has 0 aliphatic heterocycles. The van der Waals surface area contributed by atoms with E-state index in [1.807, 2.05) is 19.2 Å². The molecule has 1 aliphatic rings. The van der Waals surface area contributed by atoms with Crippen molar-refractivity contribution < 1.29 is 0 Å². The normalized spacial score (nSPS) is 14.8. The van der Waals surface area contributed by atoms with Gasteiger partial charge in [-0.15, -0.1) is 0 Å². The van der Waals surface area contributed by atoms with Crippen LogP contribution in [0.3, 0.4) is 0 Å². The van der Waals surface area contributed by atoms with Crippen molar-refractivity contribution in [2.24, 2.45) is 0 Å². The van der Waals surface area contributed by atoms with Crippen molar-refractivity contribution in [1.82, 2.24) is 19.9 Å². The average Bonchev–Trinajstić information content (AvgIpc) is 3.17. The van der Waals surface area contributed by atoms with Gasteiger partial charge in [0.05, 0.1) is 17.3 Å². The lowest BCUT2D eigenvalue weighted by Gasteiger charge is -2.12. The lowest BCUT2D eigenvalue weighted by atomic mass is 10.2. The van der Waals surface area contributed by atoms with Crippen molar-refractivity contribution in [2.75, 3.05) is 0 Å². The summed E-state index contributed by atoms with van der Waals surface area (Å²) >= 11 is 6.17. The number of aryl methyl sites for hydroxylation is 1. The Morgan fingerprint density at radius 2 is 2.26 bits per heavy atom. The van der Waals surface area contributed by atoms with Gasteiger partial charge in [-0.2, -0.15) is 0 Å². The van der Waals surface area contributed by atoms with Crippen LogP contribution in [0.25, 0.3) is 0 Å². The van der Waals surface area contributed by atoms with Gasteiger partial charge in [-0.3, -0.25) is 4.98 Å². The summed E-state index contributed by atoms with van der Waals surface area (Å²) < 4.78 is 2.20. The third-order valence-corrected chi connectivity index (χ3v) is 3.81. The molecule has 1 saturated carbocycles. The van der Waals surface area contributed by atoms with E-state index in [0.717, 1.165) is 24.5 Å². The summed E-state index contributed by atoms with van der Waals surface area (Å²) in [6, 6.07) is 2.66. The van der Waals surface area contributed by atoms with Crippen molar-refractivity contribution in [1.29, 1.82) is 0 Å². The number of hydrogen-bond acceptors (Lipinski definition) is 3. The molecule has 1 aliphatic carbocycles. The number of halogens is 1. The van der Waals surface area contributed by atoms with Gasteiger partial charge in [0.2, 0.25) is 0 Å². The fourth-order valence-electron chi connectivity index (χ4n) is 2.11. The van der Waals surface area contributed by atoms with Crippen LogP contribution in [0.5, 0.6) is 0 Å². The van der Waals surface area contributed by atoms with Gasteiger partial charge >= 0.3 is 0 Å². The van der Waals surface area contributed by atoms with E-state index in [1.54, 1.807) is 12.4 Å². The van der Waals surface area contributed by atoms with Gasteiger partial charge in [-0.25, -0.2) is 4.98 Å². The smallest absolute Gasteiger partial charge is 0.106 e. The molecule has 2 aromatic rings. The fraction of sp³-hybridized carbons (Fsp3) is 0.429. The van der Waals surface area contributed by atoms with Gasteiger partial charge in [0.15, 0.2) is 0 Å². The second-order valence-corrected chi connectivity index (χ2v) is 5.41. The maximum absolute atomic E-state index is 6.17. The van der Waals surface area contributed by atoms with Crippen LogP contribution >= 0.6 is 11.6 Å². The Hall–Kier alpha value is -1.39. The molecule has 100 valence electrons. The van der Waals surface area contributed by atoms with E-state index in [2.05, 4.69) is 19.9 Å². The quantitative estimate of drug-likeness (QED) is 0.913. The van der Waals surface area contributed by atoms with Gasteiger partial charge in [0, 0.05) is 31.2 Å². The molecule has 19 heavy (non-hydrogen) atoms. The van der Waals surface area contributed by atoms with Gasteiger partial charge in [0.1, 0.15) is 5.82 Å². The Bertz CT molecular complexity index is 575. The van der Waals surface area contributed by atoms with E-state index in [4.69, 9.17) is 11.6 Å². The minimum absolute atomic E-state index is 0.702. The summed E-state index contributed by atoms with van der Waals surface area (Å²) in [7, 11) is 0. The van der Waals surface area contributed by atoms with E-state index in [0.29, 0.717) is 11.1 Å². The molecule has 0 amide bonds. The third kappa shape index (κ3) is 2.96. The summed E-state index contributed by atoms with van der Waals surface area (Å²) in [6.45, 7) is 3.64. The zero-order chi connectivity index (χ0) is 13.2. The molecule has 5 heteroatoms.